The monoisotopic (exact) mass is 415 g/mol. The van der Waals surface area contributed by atoms with Crippen molar-refractivity contribution in [3.8, 4) is 33.6 Å². The minimum Gasteiger partial charge on any atom is -0.389 e. The summed E-state index contributed by atoms with van der Waals surface area (Å²) in [4.78, 5) is 22.8. The highest BCUT2D eigenvalue weighted by atomic mass is 16.3. The van der Waals surface area contributed by atoms with Gasteiger partial charge in [-0.2, -0.15) is 10.2 Å². The molecule has 5 rings (SSSR count). The normalized spacial score (nSPS) is 13.9. The lowest BCUT2D eigenvalue weighted by atomic mass is 10.1. The summed E-state index contributed by atoms with van der Waals surface area (Å²) in [6.45, 7) is 0.932. The van der Waals surface area contributed by atoms with E-state index in [9.17, 15) is 9.90 Å². The lowest BCUT2D eigenvalue weighted by molar-refractivity contribution is -0.142. The Hall–Kier alpha value is -3.85. The molecule has 3 aromatic heterocycles. The van der Waals surface area contributed by atoms with Gasteiger partial charge in [-0.25, -0.2) is 9.97 Å². The van der Waals surface area contributed by atoms with Crippen LogP contribution in [-0.4, -0.2) is 64.6 Å². The number of aliphatic hydroxyl groups excluding tert-OH is 1. The Morgan fingerprint density at radius 3 is 2.39 bits per heavy atom. The highest BCUT2D eigenvalue weighted by Crippen LogP contribution is 2.25. The summed E-state index contributed by atoms with van der Waals surface area (Å²) in [7, 11) is 1.89. The smallest absolute Gasteiger partial charge is 0.244 e. The van der Waals surface area contributed by atoms with Crippen LogP contribution in [0.1, 0.15) is 0 Å². The quantitative estimate of drug-likeness (QED) is 0.531. The Bertz CT molecular complexity index is 1220. The van der Waals surface area contributed by atoms with Crippen molar-refractivity contribution in [3.05, 3.63) is 61.4 Å². The fourth-order valence-electron chi connectivity index (χ4n) is 3.53. The predicted molar refractivity (Wildman–Crippen MR) is 113 cm³/mol. The van der Waals surface area contributed by atoms with Crippen molar-refractivity contribution in [2.24, 2.45) is 7.05 Å². The summed E-state index contributed by atoms with van der Waals surface area (Å²) in [5, 5.41) is 17.8. The summed E-state index contributed by atoms with van der Waals surface area (Å²) in [5.74, 6) is 0.577. The number of aromatic nitrogens is 6. The summed E-state index contributed by atoms with van der Waals surface area (Å²) in [6.07, 6.45) is 10.4. The second-order valence-electron chi connectivity index (χ2n) is 7.66. The number of amides is 1. The minimum absolute atomic E-state index is 0.0555. The van der Waals surface area contributed by atoms with Crippen LogP contribution in [0.2, 0.25) is 0 Å². The molecular formula is C22H21N7O2. The predicted octanol–water partition coefficient (Wildman–Crippen LogP) is 1.61. The number of carbonyl (C=O) groups excluding carboxylic acids is 1. The third-order valence-electron chi connectivity index (χ3n) is 5.29. The molecule has 1 aliphatic rings. The van der Waals surface area contributed by atoms with Gasteiger partial charge in [0.05, 0.1) is 18.5 Å². The minimum atomic E-state index is -0.405. The van der Waals surface area contributed by atoms with Crippen molar-refractivity contribution in [1.29, 1.82) is 0 Å². The molecule has 9 heteroatoms. The molecule has 0 bridgehead atoms. The van der Waals surface area contributed by atoms with Gasteiger partial charge >= 0.3 is 0 Å². The van der Waals surface area contributed by atoms with Gasteiger partial charge in [0.1, 0.15) is 6.54 Å². The van der Waals surface area contributed by atoms with Crippen molar-refractivity contribution >= 4 is 5.91 Å². The molecule has 0 atom stereocenters. The van der Waals surface area contributed by atoms with Crippen molar-refractivity contribution in [2.75, 3.05) is 13.1 Å². The molecule has 31 heavy (non-hydrogen) atoms. The van der Waals surface area contributed by atoms with Crippen LogP contribution in [0.15, 0.2) is 61.4 Å². The van der Waals surface area contributed by atoms with E-state index in [0.29, 0.717) is 18.9 Å². The Morgan fingerprint density at radius 2 is 1.68 bits per heavy atom. The first-order chi connectivity index (χ1) is 15.0. The van der Waals surface area contributed by atoms with E-state index in [1.54, 1.807) is 39.1 Å². The SMILES string of the molecule is Cn1cc(-c2cccc(-c3ncc(-c4cnn(CC(=O)N5CC(O)C5)c4)cn3)c2)cn1. The van der Waals surface area contributed by atoms with Gasteiger partial charge in [0.2, 0.25) is 5.91 Å². The molecule has 1 amide bonds. The average Bonchev–Trinajstić information content (AvgIpc) is 3.41. The van der Waals surface area contributed by atoms with E-state index in [-0.39, 0.29) is 12.5 Å². The molecule has 0 aliphatic carbocycles. The third-order valence-corrected chi connectivity index (χ3v) is 5.29. The highest BCUT2D eigenvalue weighted by Gasteiger charge is 2.28. The van der Waals surface area contributed by atoms with E-state index in [1.165, 1.54) is 0 Å². The first kappa shape index (κ1) is 19.1. The highest BCUT2D eigenvalue weighted by molar-refractivity contribution is 5.77. The third kappa shape index (κ3) is 3.95. The molecule has 1 aliphatic heterocycles. The van der Waals surface area contributed by atoms with E-state index >= 15 is 0 Å². The summed E-state index contributed by atoms with van der Waals surface area (Å²) >= 11 is 0. The Balaban J connectivity index is 1.31. The molecule has 4 heterocycles. The molecule has 156 valence electrons. The molecule has 1 fully saturated rings. The number of aliphatic hydroxyl groups is 1. The molecule has 0 spiro atoms. The molecule has 1 N–H and O–H groups in total. The van der Waals surface area contributed by atoms with Gasteiger partial charge in [0, 0.05) is 67.2 Å². The van der Waals surface area contributed by atoms with Gasteiger partial charge in [-0.15, -0.1) is 0 Å². The molecule has 0 radical (unpaired) electrons. The van der Waals surface area contributed by atoms with E-state index in [4.69, 9.17) is 0 Å². The van der Waals surface area contributed by atoms with E-state index in [2.05, 4.69) is 20.2 Å². The summed E-state index contributed by atoms with van der Waals surface area (Å²) in [5.41, 5.74) is 4.68. The molecule has 1 saturated heterocycles. The maximum absolute atomic E-state index is 12.1. The van der Waals surface area contributed by atoms with E-state index in [0.717, 1.165) is 27.8 Å². The van der Waals surface area contributed by atoms with Crippen molar-refractivity contribution < 1.29 is 9.90 Å². The van der Waals surface area contributed by atoms with Gasteiger partial charge in [0.15, 0.2) is 5.82 Å². The Kier molecular flexibility index (Phi) is 4.79. The second kappa shape index (κ2) is 7.77. The zero-order valence-electron chi connectivity index (χ0n) is 17.0. The number of benzene rings is 1. The lowest BCUT2D eigenvalue weighted by Crippen LogP contribution is -2.54. The van der Waals surface area contributed by atoms with Gasteiger partial charge in [-0.05, 0) is 11.6 Å². The van der Waals surface area contributed by atoms with Crippen LogP contribution in [0, 0.1) is 0 Å². The average molecular weight is 415 g/mol. The first-order valence-electron chi connectivity index (χ1n) is 9.95. The van der Waals surface area contributed by atoms with Gasteiger partial charge < -0.3 is 10.0 Å². The lowest BCUT2D eigenvalue weighted by Gasteiger charge is -2.35. The zero-order valence-corrected chi connectivity index (χ0v) is 17.0. The molecule has 0 saturated carbocycles. The van der Waals surface area contributed by atoms with Crippen LogP contribution in [0.25, 0.3) is 33.6 Å². The van der Waals surface area contributed by atoms with E-state index in [1.807, 2.05) is 43.7 Å². The largest absolute Gasteiger partial charge is 0.389 e. The second-order valence-corrected chi connectivity index (χ2v) is 7.66. The van der Waals surface area contributed by atoms with Crippen molar-refractivity contribution in [2.45, 2.75) is 12.6 Å². The van der Waals surface area contributed by atoms with Gasteiger partial charge in [0.25, 0.3) is 0 Å². The molecule has 1 aromatic carbocycles. The topological polar surface area (TPSA) is 102 Å². The van der Waals surface area contributed by atoms with Crippen molar-refractivity contribution in [3.63, 3.8) is 0 Å². The number of nitrogens with zero attached hydrogens (tertiary/aromatic N) is 7. The molecular weight excluding hydrogens is 394 g/mol. The fourth-order valence-corrected chi connectivity index (χ4v) is 3.53. The number of likely N-dealkylation sites (tertiary alicyclic amines) is 1. The van der Waals surface area contributed by atoms with Gasteiger partial charge in [-0.1, -0.05) is 18.2 Å². The summed E-state index contributed by atoms with van der Waals surface area (Å²) < 4.78 is 3.36. The Labute approximate surface area is 178 Å². The number of aryl methyl sites for hydroxylation is 1. The molecule has 0 unspecified atom stereocenters. The number of rotatable bonds is 5. The van der Waals surface area contributed by atoms with Crippen LogP contribution in [0.3, 0.4) is 0 Å². The van der Waals surface area contributed by atoms with Crippen LogP contribution in [0.4, 0.5) is 0 Å². The van der Waals surface area contributed by atoms with E-state index < -0.39 is 6.10 Å². The fraction of sp³-hybridized carbons (Fsp3) is 0.227. The summed E-state index contributed by atoms with van der Waals surface area (Å²) in [6, 6.07) is 8.03. The standard InChI is InChI=1S/C22H21N7O2/c1-27-10-18(8-25-27)15-3-2-4-16(5-15)22-23-6-17(7-24-22)19-9-26-29(11-19)14-21(31)28-12-20(30)13-28/h2-11,20,30H,12-14H2,1H3. The van der Waals surface area contributed by atoms with Crippen LogP contribution >= 0.6 is 0 Å². The maximum atomic E-state index is 12.1. The number of β-amino-alcohol motifs (C(OH)–C–C–N with tert-alkyl or cyclic N) is 1. The first-order valence-corrected chi connectivity index (χ1v) is 9.95. The molecule has 4 aromatic rings. The number of hydrogen-bond donors (Lipinski definition) is 1. The van der Waals surface area contributed by atoms with Crippen LogP contribution in [0.5, 0.6) is 0 Å². The van der Waals surface area contributed by atoms with Gasteiger partial charge in [-0.3, -0.25) is 14.2 Å². The van der Waals surface area contributed by atoms with Crippen LogP contribution in [-0.2, 0) is 18.4 Å². The maximum Gasteiger partial charge on any atom is 0.244 e. The zero-order chi connectivity index (χ0) is 21.4. The number of hydrogen-bond acceptors (Lipinski definition) is 6. The number of carbonyl (C=O) groups is 1. The van der Waals surface area contributed by atoms with Crippen molar-refractivity contribution in [1.82, 2.24) is 34.4 Å². The Morgan fingerprint density at radius 1 is 0.968 bits per heavy atom. The molecule has 9 nitrogen and oxygen atoms in total. The van der Waals surface area contributed by atoms with Crippen LogP contribution < -0.4 is 0 Å².